The molecule has 1 aromatic heterocycles. The zero-order valence-electron chi connectivity index (χ0n) is 11.9. The number of hydrogen-bond acceptors (Lipinski definition) is 4. The Morgan fingerprint density at radius 2 is 2.09 bits per heavy atom. The number of hydrogen-bond donors (Lipinski definition) is 2. The lowest BCUT2D eigenvalue weighted by atomic mass is 10.1. The second-order valence-electron chi connectivity index (χ2n) is 4.46. The van der Waals surface area contributed by atoms with Crippen molar-refractivity contribution >= 4 is 34.8 Å². The van der Waals surface area contributed by atoms with E-state index in [1.54, 1.807) is 13.2 Å². The van der Waals surface area contributed by atoms with E-state index in [0.717, 1.165) is 10.9 Å². The summed E-state index contributed by atoms with van der Waals surface area (Å²) in [5.41, 5.74) is 0.658. The molecule has 1 aromatic carbocycles. The van der Waals surface area contributed by atoms with Gasteiger partial charge in [0, 0.05) is 30.5 Å². The van der Waals surface area contributed by atoms with Gasteiger partial charge in [-0.1, -0.05) is 6.07 Å². The van der Waals surface area contributed by atoms with Crippen molar-refractivity contribution in [1.82, 2.24) is 10.3 Å². The predicted molar refractivity (Wildman–Crippen MR) is 85.7 cm³/mol. The van der Waals surface area contributed by atoms with Gasteiger partial charge in [-0.3, -0.25) is 4.79 Å². The Balaban J connectivity index is 0.00000242. The van der Waals surface area contributed by atoms with E-state index in [-0.39, 0.29) is 18.3 Å². The molecule has 0 aliphatic carbocycles. The fourth-order valence-corrected chi connectivity index (χ4v) is 2.58. The summed E-state index contributed by atoms with van der Waals surface area (Å²) in [6.07, 6.45) is 2.44. The van der Waals surface area contributed by atoms with Gasteiger partial charge in [-0.15, -0.1) is 23.7 Å². The van der Waals surface area contributed by atoms with Crippen LogP contribution in [0.3, 0.4) is 0 Å². The highest BCUT2D eigenvalue weighted by Crippen LogP contribution is 2.22. The van der Waals surface area contributed by atoms with Gasteiger partial charge in [-0.25, -0.2) is 13.8 Å². The largest absolute Gasteiger partial charge is 0.319 e. The van der Waals surface area contributed by atoms with Crippen molar-refractivity contribution in [3.63, 3.8) is 0 Å². The fourth-order valence-electron chi connectivity index (χ4n) is 1.72. The topological polar surface area (TPSA) is 54.0 Å². The molecule has 1 amide bonds. The Morgan fingerprint density at radius 3 is 2.77 bits per heavy atom. The van der Waals surface area contributed by atoms with Crippen LogP contribution in [0.15, 0.2) is 24.4 Å². The molecule has 0 atom stereocenters. The maximum atomic E-state index is 13.1. The first-order valence-electron chi connectivity index (χ1n) is 6.41. The number of amides is 1. The monoisotopic (exact) mass is 347 g/mol. The van der Waals surface area contributed by atoms with Gasteiger partial charge < -0.3 is 10.6 Å². The molecule has 0 spiro atoms. The summed E-state index contributed by atoms with van der Waals surface area (Å²) in [6.45, 7) is 0.596. The van der Waals surface area contributed by atoms with Gasteiger partial charge in [-0.05, 0) is 24.7 Å². The van der Waals surface area contributed by atoms with Crippen LogP contribution in [-0.2, 0) is 11.2 Å². The molecule has 0 aliphatic rings. The van der Waals surface area contributed by atoms with Crippen LogP contribution in [0.2, 0.25) is 0 Å². The minimum absolute atomic E-state index is 0. The Labute approximate surface area is 137 Å². The third kappa shape index (κ3) is 5.32. The zero-order chi connectivity index (χ0) is 15.2. The number of nitrogens with zero attached hydrogens (tertiary/aromatic N) is 1. The third-order valence-electron chi connectivity index (χ3n) is 2.76. The summed E-state index contributed by atoms with van der Waals surface area (Å²) in [7, 11) is 1.77. The maximum absolute atomic E-state index is 13.1. The van der Waals surface area contributed by atoms with E-state index >= 15 is 0 Å². The molecule has 1 heterocycles. The third-order valence-corrected chi connectivity index (χ3v) is 3.68. The number of thiazole rings is 1. The van der Waals surface area contributed by atoms with Crippen molar-refractivity contribution in [3.05, 3.63) is 46.5 Å². The highest BCUT2D eigenvalue weighted by Gasteiger charge is 2.08. The van der Waals surface area contributed by atoms with Crippen molar-refractivity contribution in [2.75, 3.05) is 18.9 Å². The van der Waals surface area contributed by atoms with Crippen LogP contribution in [0, 0.1) is 11.6 Å². The molecule has 2 aromatic rings. The summed E-state index contributed by atoms with van der Waals surface area (Å²) < 4.78 is 26.0. The molecule has 0 fully saturated rings. The Bertz CT molecular complexity index is 636. The lowest BCUT2D eigenvalue weighted by Crippen LogP contribution is -2.18. The number of rotatable bonds is 6. The lowest BCUT2D eigenvalue weighted by molar-refractivity contribution is -0.116. The van der Waals surface area contributed by atoms with Crippen molar-refractivity contribution in [1.29, 1.82) is 0 Å². The first kappa shape index (κ1) is 18.5. The number of aromatic nitrogens is 1. The normalized spacial score (nSPS) is 10.1. The molecule has 8 heteroatoms. The number of anilines is 1. The first-order valence-corrected chi connectivity index (χ1v) is 7.23. The molecular weight excluding hydrogens is 332 g/mol. The van der Waals surface area contributed by atoms with Crippen molar-refractivity contribution in [2.45, 2.75) is 12.8 Å². The zero-order valence-corrected chi connectivity index (χ0v) is 13.5. The number of nitrogens with one attached hydrogen (secondary N) is 2. The van der Waals surface area contributed by atoms with Gasteiger partial charge in [0.05, 0.1) is 0 Å². The molecule has 2 N–H and O–H groups in total. The Morgan fingerprint density at radius 1 is 1.32 bits per heavy atom. The summed E-state index contributed by atoms with van der Waals surface area (Å²) >= 11 is 1.32. The van der Waals surface area contributed by atoms with Crippen LogP contribution in [0.25, 0.3) is 0 Å². The molecule has 4 nitrogen and oxygen atoms in total. The summed E-state index contributed by atoms with van der Waals surface area (Å²) in [5, 5.41) is 6.09. The van der Waals surface area contributed by atoms with Crippen LogP contribution < -0.4 is 10.6 Å². The second kappa shape index (κ2) is 8.77. The fraction of sp³-hybridized carbons (Fsp3) is 0.286. The van der Waals surface area contributed by atoms with Crippen molar-refractivity contribution < 1.29 is 13.6 Å². The first-order chi connectivity index (χ1) is 10.1. The molecular formula is C14H16ClF2N3OS. The van der Waals surface area contributed by atoms with E-state index in [4.69, 9.17) is 0 Å². The van der Waals surface area contributed by atoms with E-state index in [0.29, 0.717) is 30.1 Å². The molecule has 0 radical (unpaired) electrons. The van der Waals surface area contributed by atoms with Crippen molar-refractivity contribution in [3.8, 4) is 0 Å². The van der Waals surface area contributed by atoms with Crippen LogP contribution in [0.1, 0.15) is 16.9 Å². The summed E-state index contributed by atoms with van der Waals surface area (Å²) in [5.74, 6) is -1.84. The van der Waals surface area contributed by atoms with Gasteiger partial charge in [0.2, 0.25) is 5.91 Å². The molecule has 0 saturated heterocycles. The predicted octanol–water partition coefficient (Wildman–Crippen LogP) is 2.98. The molecule has 0 unspecified atom stereocenters. The Kier molecular flexibility index (Phi) is 7.37. The van der Waals surface area contributed by atoms with E-state index < -0.39 is 11.6 Å². The molecule has 0 saturated carbocycles. The molecule has 120 valence electrons. The van der Waals surface area contributed by atoms with E-state index in [1.807, 2.05) is 0 Å². The van der Waals surface area contributed by atoms with Crippen LogP contribution in [-0.4, -0.2) is 24.5 Å². The van der Waals surface area contributed by atoms with Crippen LogP contribution >= 0.6 is 23.7 Å². The van der Waals surface area contributed by atoms with Crippen LogP contribution in [0.5, 0.6) is 0 Å². The van der Waals surface area contributed by atoms with Gasteiger partial charge in [0.25, 0.3) is 0 Å². The smallest absolute Gasteiger partial charge is 0.227 e. The number of benzene rings is 1. The molecule has 2 rings (SSSR count). The van der Waals surface area contributed by atoms with E-state index in [9.17, 15) is 13.6 Å². The Hall–Kier alpha value is -1.57. The van der Waals surface area contributed by atoms with Gasteiger partial charge in [0.15, 0.2) is 16.8 Å². The molecule has 22 heavy (non-hydrogen) atoms. The van der Waals surface area contributed by atoms with Crippen LogP contribution in [0.4, 0.5) is 13.9 Å². The quantitative estimate of drug-likeness (QED) is 0.844. The van der Waals surface area contributed by atoms with E-state index in [1.165, 1.54) is 23.5 Å². The minimum atomic E-state index is -0.863. The minimum Gasteiger partial charge on any atom is -0.319 e. The molecule has 0 aliphatic heterocycles. The SMILES string of the molecule is CNCCC(=O)Nc1ncc(Cc2ccc(F)c(F)c2)s1.Cl. The van der Waals surface area contributed by atoms with Crippen molar-refractivity contribution in [2.24, 2.45) is 0 Å². The number of carbonyl (C=O) groups excluding carboxylic acids is 1. The van der Waals surface area contributed by atoms with Gasteiger partial charge >= 0.3 is 0 Å². The lowest BCUT2D eigenvalue weighted by Gasteiger charge is -2.01. The average Bonchev–Trinajstić information content (AvgIpc) is 2.88. The highest BCUT2D eigenvalue weighted by atomic mass is 35.5. The second-order valence-corrected chi connectivity index (χ2v) is 5.57. The average molecular weight is 348 g/mol. The summed E-state index contributed by atoms with van der Waals surface area (Å²) in [6, 6.07) is 3.80. The van der Waals surface area contributed by atoms with E-state index in [2.05, 4.69) is 15.6 Å². The number of halogens is 3. The maximum Gasteiger partial charge on any atom is 0.227 e. The highest BCUT2D eigenvalue weighted by molar-refractivity contribution is 7.15. The number of carbonyl (C=O) groups is 1. The van der Waals surface area contributed by atoms with Gasteiger partial charge in [-0.2, -0.15) is 0 Å². The van der Waals surface area contributed by atoms with Gasteiger partial charge in [0.1, 0.15) is 0 Å². The standard InChI is InChI=1S/C14H15F2N3OS.ClH/c1-17-5-4-13(20)19-14-18-8-10(21-14)6-9-2-3-11(15)12(16)7-9;/h2-3,7-8,17H,4-6H2,1H3,(H,18,19,20);1H. The molecule has 0 bridgehead atoms. The summed E-state index contributed by atoms with van der Waals surface area (Å²) in [4.78, 5) is 16.5.